The number of carbonyl (C=O) groups excluding carboxylic acids is 2. The minimum atomic E-state index is -4.26. The SMILES string of the molecule is CCCCCCCCCC/C=C\CCCCCCCCCCCC(=O)OC(COC(=O)CCCCCCCCCCCCCCC)COP(=O)(O)OC. The standard InChI is InChI=1S/C44H85O8P/c1-4-6-8-10-12-14-16-18-19-20-21-22-23-24-25-27-29-31-33-35-37-39-44(46)52-42(41-51-53(47,48)49-3)40-50-43(45)38-36-34-32-30-28-26-17-15-13-11-9-7-5-2/h20-21,42H,4-19,22-41H2,1-3H3,(H,47,48)/b21-20-. The van der Waals surface area contributed by atoms with Crippen LogP contribution in [0.15, 0.2) is 12.2 Å². The largest absolute Gasteiger partial charge is 0.472 e. The van der Waals surface area contributed by atoms with Crippen LogP contribution in [0.4, 0.5) is 0 Å². The van der Waals surface area contributed by atoms with Gasteiger partial charge in [0.1, 0.15) is 6.61 Å². The maximum atomic E-state index is 12.5. The average Bonchev–Trinajstić information content (AvgIpc) is 3.15. The van der Waals surface area contributed by atoms with Gasteiger partial charge in [-0.1, -0.05) is 193 Å². The first-order valence-electron chi connectivity index (χ1n) is 22.4. The second-order valence-electron chi connectivity index (χ2n) is 15.2. The molecule has 0 rings (SSSR count). The fraction of sp³-hybridized carbons (Fsp3) is 0.909. The van der Waals surface area contributed by atoms with Gasteiger partial charge in [-0.05, 0) is 38.5 Å². The van der Waals surface area contributed by atoms with Crippen molar-refractivity contribution in [1.82, 2.24) is 0 Å². The number of phosphoric ester groups is 1. The molecular weight excluding hydrogens is 687 g/mol. The van der Waals surface area contributed by atoms with Crippen molar-refractivity contribution in [3.63, 3.8) is 0 Å². The number of hydrogen-bond donors (Lipinski definition) is 1. The number of esters is 2. The Bertz CT molecular complexity index is 879. The van der Waals surface area contributed by atoms with E-state index in [-0.39, 0.29) is 19.0 Å². The fourth-order valence-corrected chi connectivity index (χ4v) is 7.00. The second-order valence-corrected chi connectivity index (χ2v) is 16.8. The van der Waals surface area contributed by atoms with Gasteiger partial charge in [0.2, 0.25) is 0 Å². The second kappa shape index (κ2) is 40.5. The third-order valence-corrected chi connectivity index (χ3v) is 10.9. The highest BCUT2D eigenvalue weighted by Crippen LogP contribution is 2.42. The lowest BCUT2D eigenvalue weighted by Gasteiger charge is -2.19. The molecule has 0 fully saturated rings. The van der Waals surface area contributed by atoms with Crippen LogP contribution in [0, 0.1) is 0 Å². The summed E-state index contributed by atoms with van der Waals surface area (Å²) in [5.41, 5.74) is 0. The van der Waals surface area contributed by atoms with E-state index in [2.05, 4.69) is 30.5 Å². The Morgan fingerprint density at radius 2 is 0.849 bits per heavy atom. The van der Waals surface area contributed by atoms with Crippen molar-refractivity contribution in [2.45, 2.75) is 238 Å². The van der Waals surface area contributed by atoms with Gasteiger partial charge in [0, 0.05) is 20.0 Å². The molecule has 314 valence electrons. The van der Waals surface area contributed by atoms with Crippen LogP contribution in [-0.4, -0.2) is 43.3 Å². The highest BCUT2D eigenvalue weighted by Gasteiger charge is 2.24. The highest BCUT2D eigenvalue weighted by atomic mass is 31.2. The zero-order valence-electron chi connectivity index (χ0n) is 34.9. The molecule has 0 aliphatic carbocycles. The normalized spacial score (nSPS) is 13.4. The molecule has 0 aromatic rings. The number of hydrogen-bond acceptors (Lipinski definition) is 7. The summed E-state index contributed by atoms with van der Waals surface area (Å²) in [5, 5.41) is 0. The summed E-state index contributed by atoms with van der Waals surface area (Å²) in [5.74, 6) is -0.794. The number of allylic oxidation sites excluding steroid dienone is 2. The molecule has 2 atom stereocenters. The summed E-state index contributed by atoms with van der Waals surface area (Å²) in [7, 11) is -3.19. The van der Waals surface area contributed by atoms with Crippen molar-refractivity contribution in [3.8, 4) is 0 Å². The Hall–Kier alpha value is -1.21. The predicted octanol–water partition coefficient (Wildman–Crippen LogP) is 14.1. The van der Waals surface area contributed by atoms with Gasteiger partial charge in [-0.25, -0.2) is 4.57 Å². The van der Waals surface area contributed by atoms with Crippen molar-refractivity contribution in [1.29, 1.82) is 0 Å². The molecule has 8 nitrogen and oxygen atoms in total. The molecule has 0 radical (unpaired) electrons. The molecule has 0 spiro atoms. The molecule has 0 aliphatic heterocycles. The summed E-state index contributed by atoms with van der Waals surface area (Å²) < 4.78 is 32.0. The van der Waals surface area contributed by atoms with E-state index in [1.165, 1.54) is 167 Å². The van der Waals surface area contributed by atoms with E-state index in [0.29, 0.717) is 12.8 Å². The van der Waals surface area contributed by atoms with Crippen LogP contribution >= 0.6 is 7.82 Å². The monoisotopic (exact) mass is 773 g/mol. The topological polar surface area (TPSA) is 108 Å². The third kappa shape index (κ3) is 40.3. The van der Waals surface area contributed by atoms with Crippen LogP contribution in [-0.2, 0) is 32.7 Å². The summed E-state index contributed by atoms with van der Waals surface area (Å²) in [6, 6.07) is 0. The molecule has 0 bridgehead atoms. The molecule has 53 heavy (non-hydrogen) atoms. The van der Waals surface area contributed by atoms with Gasteiger partial charge in [-0.3, -0.25) is 18.6 Å². The molecule has 0 aliphatic rings. The van der Waals surface area contributed by atoms with Gasteiger partial charge in [-0.15, -0.1) is 0 Å². The Morgan fingerprint density at radius 1 is 0.509 bits per heavy atom. The van der Waals surface area contributed by atoms with Crippen LogP contribution in [0.2, 0.25) is 0 Å². The molecular formula is C44H85O8P. The maximum absolute atomic E-state index is 12.5. The van der Waals surface area contributed by atoms with E-state index >= 15 is 0 Å². The first kappa shape index (κ1) is 51.8. The van der Waals surface area contributed by atoms with Gasteiger partial charge in [-0.2, -0.15) is 0 Å². The quantitative estimate of drug-likeness (QED) is 0.0283. The molecule has 2 unspecified atom stereocenters. The minimum absolute atomic E-state index is 0.220. The smallest absolute Gasteiger partial charge is 0.462 e. The van der Waals surface area contributed by atoms with Crippen molar-refractivity contribution >= 4 is 19.8 Å². The van der Waals surface area contributed by atoms with Gasteiger partial charge in [0.15, 0.2) is 6.10 Å². The molecule has 0 aromatic carbocycles. The Kier molecular flexibility index (Phi) is 39.5. The lowest BCUT2D eigenvalue weighted by Crippen LogP contribution is -2.29. The maximum Gasteiger partial charge on any atom is 0.472 e. The van der Waals surface area contributed by atoms with E-state index in [4.69, 9.17) is 14.0 Å². The molecule has 0 saturated carbocycles. The molecule has 9 heteroatoms. The Balaban J connectivity index is 3.92. The van der Waals surface area contributed by atoms with Crippen LogP contribution in [0.5, 0.6) is 0 Å². The van der Waals surface area contributed by atoms with Crippen molar-refractivity contribution in [3.05, 3.63) is 12.2 Å². The van der Waals surface area contributed by atoms with Crippen LogP contribution in [0.3, 0.4) is 0 Å². The van der Waals surface area contributed by atoms with Crippen LogP contribution < -0.4 is 0 Å². The minimum Gasteiger partial charge on any atom is -0.462 e. The van der Waals surface area contributed by atoms with Crippen molar-refractivity contribution < 1.29 is 37.6 Å². The summed E-state index contributed by atoms with van der Waals surface area (Å²) in [6.07, 6.45) is 44.1. The van der Waals surface area contributed by atoms with Crippen LogP contribution in [0.25, 0.3) is 0 Å². The average molecular weight is 773 g/mol. The lowest BCUT2D eigenvalue weighted by molar-refractivity contribution is -0.161. The first-order valence-corrected chi connectivity index (χ1v) is 23.9. The van der Waals surface area contributed by atoms with Gasteiger partial charge in [0.05, 0.1) is 6.61 Å². The number of carbonyl (C=O) groups is 2. The highest BCUT2D eigenvalue weighted by molar-refractivity contribution is 7.47. The predicted molar refractivity (Wildman–Crippen MR) is 221 cm³/mol. The number of rotatable bonds is 42. The molecule has 0 aromatic heterocycles. The molecule has 1 N–H and O–H groups in total. The summed E-state index contributed by atoms with van der Waals surface area (Å²) >= 11 is 0. The van der Waals surface area contributed by atoms with E-state index in [9.17, 15) is 19.0 Å². The van der Waals surface area contributed by atoms with Gasteiger partial charge in [0.25, 0.3) is 0 Å². The van der Waals surface area contributed by atoms with Crippen molar-refractivity contribution in [2.24, 2.45) is 0 Å². The first-order chi connectivity index (χ1) is 25.8. The number of phosphoric acid groups is 1. The summed E-state index contributed by atoms with van der Waals surface area (Å²) in [4.78, 5) is 34.5. The van der Waals surface area contributed by atoms with Gasteiger partial charge < -0.3 is 14.4 Å². The molecule has 0 amide bonds. The molecule has 0 heterocycles. The third-order valence-electron chi connectivity index (χ3n) is 10.0. The fourth-order valence-electron chi connectivity index (χ4n) is 6.54. The van der Waals surface area contributed by atoms with Gasteiger partial charge >= 0.3 is 19.8 Å². The number of ether oxygens (including phenoxy) is 2. The number of unbranched alkanes of at least 4 members (excludes halogenated alkanes) is 29. The zero-order valence-corrected chi connectivity index (χ0v) is 35.8. The van der Waals surface area contributed by atoms with E-state index < -0.39 is 26.5 Å². The zero-order chi connectivity index (χ0) is 38.9. The Labute approximate surface area is 327 Å². The molecule has 0 saturated heterocycles. The van der Waals surface area contributed by atoms with Crippen LogP contribution in [0.1, 0.15) is 232 Å². The Morgan fingerprint density at radius 3 is 1.23 bits per heavy atom. The van der Waals surface area contributed by atoms with Crippen molar-refractivity contribution in [2.75, 3.05) is 20.3 Å². The van der Waals surface area contributed by atoms with E-state index in [1.807, 2.05) is 0 Å². The van der Waals surface area contributed by atoms with E-state index in [1.54, 1.807) is 0 Å². The lowest BCUT2D eigenvalue weighted by atomic mass is 10.0. The summed E-state index contributed by atoms with van der Waals surface area (Å²) in [6.45, 7) is 3.91. The van der Waals surface area contributed by atoms with E-state index in [0.717, 1.165) is 39.2 Å².